The molecule has 2 aromatic rings. The van der Waals surface area contributed by atoms with Crippen molar-refractivity contribution < 1.29 is 19.2 Å². The van der Waals surface area contributed by atoms with Crippen molar-refractivity contribution >= 4 is 17.8 Å². The molecule has 0 saturated heterocycles. The fraction of sp³-hybridized carbons (Fsp3) is 0.133. The van der Waals surface area contributed by atoms with E-state index in [0.29, 0.717) is 5.06 Å². The molecule has 1 aliphatic rings. The lowest BCUT2D eigenvalue weighted by Gasteiger charge is -2.13. The number of aromatic nitrogens is 1. The molecule has 0 saturated carbocycles. The summed E-state index contributed by atoms with van der Waals surface area (Å²) in [5.41, 5.74) is 1.60. The number of hydrogen-bond acceptors (Lipinski definition) is 4. The van der Waals surface area contributed by atoms with Gasteiger partial charge in [-0.05, 0) is 31.2 Å². The zero-order valence-electron chi connectivity index (χ0n) is 11.5. The molecule has 0 spiro atoms. The van der Waals surface area contributed by atoms with Gasteiger partial charge in [0.05, 0.1) is 11.1 Å². The molecule has 1 aromatic carbocycles. The van der Waals surface area contributed by atoms with Gasteiger partial charge in [0.2, 0.25) is 0 Å². The Morgan fingerprint density at radius 3 is 2.05 bits per heavy atom. The third-order valence-electron chi connectivity index (χ3n) is 3.51. The number of amides is 2. The SMILES string of the molecule is Cc1ccc(C(=O)ON2C(=O)c3ccccc3C2=O)n1C. The molecule has 0 unspecified atom stereocenters. The molecule has 0 bridgehead atoms. The average molecular weight is 284 g/mol. The monoisotopic (exact) mass is 284 g/mol. The molecule has 0 N–H and O–H groups in total. The van der Waals surface area contributed by atoms with Crippen LogP contribution in [0, 0.1) is 6.92 Å². The van der Waals surface area contributed by atoms with Gasteiger partial charge in [0.15, 0.2) is 0 Å². The molecule has 1 aliphatic heterocycles. The van der Waals surface area contributed by atoms with Gasteiger partial charge in [-0.15, -0.1) is 0 Å². The summed E-state index contributed by atoms with van der Waals surface area (Å²) in [7, 11) is 1.70. The zero-order chi connectivity index (χ0) is 15.1. The standard InChI is InChI=1S/C15H12N2O4/c1-9-7-8-12(16(9)2)15(20)21-17-13(18)10-5-3-4-6-11(10)14(17)19/h3-8H,1-2H3. The van der Waals surface area contributed by atoms with Crippen molar-refractivity contribution in [2.45, 2.75) is 6.92 Å². The second-order valence-corrected chi connectivity index (χ2v) is 4.75. The first-order valence-electron chi connectivity index (χ1n) is 6.33. The van der Waals surface area contributed by atoms with Crippen LogP contribution >= 0.6 is 0 Å². The number of fused-ring (bicyclic) bond motifs is 1. The number of aryl methyl sites for hydroxylation is 1. The van der Waals surface area contributed by atoms with Crippen LogP contribution in [0.1, 0.15) is 36.9 Å². The van der Waals surface area contributed by atoms with E-state index in [9.17, 15) is 14.4 Å². The summed E-state index contributed by atoms with van der Waals surface area (Å²) in [6, 6.07) is 9.67. The van der Waals surface area contributed by atoms with E-state index in [2.05, 4.69) is 0 Å². The molecule has 0 fully saturated rings. The van der Waals surface area contributed by atoms with Crippen LogP contribution < -0.4 is 0 Å². The van der Waals surface area contributed by atoms with Gasteiger partial charge in [0.25, 0.3) is 11.8 Å². The first-order valence-corrected chi connectivity index (χ1v) is 6.33. The number of carbonyl (C=O) groups is 3. The highest BCUT2D eigenvalue weighted by molar-refractivity contribution is 6.21. The first kappa shape index (κ1) is 13.1. The van der Waals surface area contributed by atoms with Crippen molar-refractivity contribution in [3.8, 4) is 0 Å². The quantitative estimate of drug-likeness (QED) is 0.787. The van der Waals surface area contributed by atoms with Crippen molar-refractivity contribution in [2.75, 3.05) is 0 Å². The summed E-state index contributed by atoms with van der Waals surface area (Å²) in [5, 5.41) is 0.509. The minimum Gasteiger partial charge on any atom is -0.343 e. The molecule has 1 aromatic heterocycles. The molecular weight excluding hydrogens is 272 g/mol. The van der Waals surface area contributed by atoms with E-state index in [1.807, 2.05) is 6.92 Å². The lowest BCUT2D eigenvalue weighted by atomic mass is 10.1. The Morgan fingerprint density at radius 1 is 1.00 bits per heavy atom. The first-order chi connectivity index (χ1) is 10.0. The Labute approximate surface area is 120 Å². The third-order valence-corrected chi connectivity index (χ3v) is 3.51. The summed E-state index contributed by atoms with van der Waals surface area (Å²) in [6.07, 6.45) is 0. The van der Waals surface area contributed by atoms with E-state index in [1.165, 1.54) is 12.1 Å². The number of hydroxylamine groups is 2. The van der Waals surface area contributed by atoms with E-state index in [4.69, 9.17) is 4.84 Å². The number of hydrogen-bond donors (Lipinski definition) is 0. The predicted molar refractivity (Wildman–Crippen MR) is 72.5 cm³/mol. The van der Waals surface area contributed by atoms with Crippen LogP contribution in [-0.2, 0) is 11.9 Å². The Morgan fingerprint density at radius 2 is 1.57 bits per heavy atom. The Balaban J connectivity index is 1.87. The number of benzene rings is 1. The van der Waals surface area contributed by atoms with Gasteiger partial charge in [-0.25, -0.2) is 4.79 Å². The molecule has 3 rings (SSSR count). The van der Waals surface area contributed by atoms with Crippen LogP contribution in [0.2, 0.25) is 0 Å². The summed E-state index contributed by atoms with van der Waals surface area (Å²) >= 11 is 0. The molecule has 6 heteroatoms. The minimum atomic E-state index is -0.750. The number of nitrogens with zero attached hydrogens (tertiary/aromatic N) is 2. The number of imide groups is 1. The van der Waals surface area contributed by atoms with Gasteiger partial charge in [-0.1, -0.05) is 17.2 Å². The van der Waals surface area contributed by atoms with Crippen LogP contribution in [-0.4, -0.2) is 27.4 Å². The lowest BCUT2D eigenvalue weighted by Crippen LogP contribution is -2.33. The molecule has 21 heavy (non-hydrogen) atoms. The molecule has 2 heterocycles. The van der Waals surface area contributed by atoms with Crippen molar-refractivity contribution in [3.05, 3.63) is 58.9 Å². The highest BCUT2D eigenvalue weighted by atomic mass is 16.7. The van der Waals surface area contributed by atoms with Gasteiger partial charge >= 0.3 is 5.97 Å². The summed E-state index contributed by atoms with van der Waals surface area (Å²) in [5.74, 6) is -2.01. The van der Waals surface area contributed by atoms with Crippen LogP contribution in [0.4, 0.5) is 0 Å². The van der Waals surface area contributed by atoms with Crippen LogP contribution in [0.15, 0.2) is 36.4 Å². The van der Waals surface area contributed by atoms with Gasteiger partial charge < -0.3 is 9.40 Å². The van der Waals surface area contributed by atoms with E-state index in [-0.39, 0.29) is 16.8 Å². The van der Waals surface area contributed by atoms with E-state index >= 15 is 0 Å². The smallest absolute Gasteiger partial charge is 0.343 e. The molecule has 2 amide bonds. The van der Waals surface area contributed by atoms with Gasteiger partial charge in [0.1, 0.15) is 5.69 Å². The fourth-order valence-electron chi connectivity index (χ4n) is 2.20. The molecular formula is C15H12N2O4. The largest absolute Gasteiger partial charge is 0.380 e. The molecule has 0 radical (unpaired) electrons. The van der Waals surface area contributed by atoms with Crippen LogP contribution in [0.5, 0.6) is 0 Å². The van der Waals surface area contributed by atoms with Gasteiger partial charge in [0, 0.05) is 12.7 Å². The predicted octanol–water partition coefficient (Wildman–Crippen LogP) is 1.70. The second kappa shape index (κ2) is 4.59. The third kappa shape index (κ3) is 1.92. The number of carbonyl (C=O) groups excluding carboxylic acids is 3. The summed E-state index contributed by atoms with van der Waals surface area (Å²) in [6.45, 7) is 1.83. The average Bonchev–Trinajstić information content (AvgIpc) is 2.93. The molecule has 6 nitrogen and oxygen atoms in total. The van der Waals surface area contributed by atoms with Crippen molar-refractivity contribution in [1.82, 2.24) is 9.63 Å². The number of rotatable bonds is 2. The molecule has 0 atom stereocenters. The van der Waals surface area contributed by atoms with E-state index in [1.54, 1.807) is 35.9 Å². The van der Waals surface area contributed by atoms with Gasteiger partial charge in [-0.2, -0.15) is 0 Å². The van der Waals surface area contributed by atoms with E-state index < -0.39 is 17.8 Å². The van der Waals surface area contributed by atoms with Crippen molar-refractivity contribution in [1.29, 1.82) is 0 Å². The molecule has 0 aliphatic carbocycles. The second-order valence-electron chi connectivity index (χ2n) is 4.75. The van der Waals surface area contributed by atoms with E-state index in [0.717, 1.165) is 5.69 Å². The highest BCUT2D eigenvalue weighted by Crippen LogP contribution is 2.23. The Bertz CT molecular complexity index is 741. The Kier molecular flexibility index (Phi) is 2.86. The fourth-order valence-corrected chi connectivity index (χ4v) is 2.20. The van der Waals surface area contributed by atoms with Crippen LogP contribution in [0.25, 0.3) is 0 Å². The van der Waals surface area contributed by atoms with Crippen molar-refractivity contribution in [3.63, 3.8) is 0 Å². The summed E-state index contributed by atoms with van der Waals surface area (Å²) < 4.78 is 1.63. The summed E-state index contributed by atoms with van der Waals surface area (Å²) in [4.78, 5) is 41.2. The molecule has 106 valence electrons. The van der Waals surface area contributed by atoms with Gasteiger partial charge in [-0.3, -0.25) is 9.59 Å². The maximum absolute atomic E-state index is 12.1. The lowest BCUT2D eigenvalue weighted by molar-refractivity contribution is -0.0590. The zero-order valence-corrected chi connectivity index (χ0v) is 11.5. The topological polar surface area (TPSA) is 68.6 Å². The normalized spacial score (nSPS) is 13.5. The maximum atomic E-state index is 12.1. The maximum Gasteiger partial charge on any atom is 0.380 e. The van der Waals surface area contributed by atoms with Crippen molar-refractivity contribution in [2.24, 2.45) is 7.05 Å². The Hall–Kier alpha value is -2.89. The highest BCUT2D eigenvalue weighted by Gasteiger charge is 2.39. The minimum absolute atomic E-state index is 0.235. The van der Waals surface area contributed by atoms with Crippen LogP contribution in [0.3, 0.4) is 0 Å².